The monoisotopic (exact) mass is 487 g/mol. The molecule has 1 saturated heterocycles. The van der Waals surface area contributed by atoms with Crippen LogP contribution in [0, 0.1) is 5.92 Å². The Bertz CT molecular complexity index is 1290. The highest BCUT2D eigenvalue weighted by atomic mass is 32.2. The van der Waals surface area contributed by atoms with Crippen molar-refractivity contribution in [1.29, 1.82) is 0 Å². The van der Waals surface area contributed by atoms with Gasteiger partial charge in [-0.25, -0.2) is 9.78 Å². The second-order valence-corrected chi connectivity index (χ2v) is 10.6. The first kappa shape index (κ1) is 23.6. The number of aromatic nitrogens is 3. The van der Waals surface area contributed by atoms with Crippen LogP contribution < -0.4 is 21.5 Å². The van der Waals surface area contributed by atoms with Gasteiger partial charge in [-0.05, 0) is 57.1 Å². The standard InChI is InChI=1S/C23H29N5O3S2/c1-14(2)28-21(30)19-20(25-22(33-19)26-10-8-15(3)9-11-26)27(23(28)31)13-18(29)24-16-6-5-7-17(12-16)32-4/h5-7,12,14-15H,8-11,13H2,1-4H3,(H,24,29). The number of hydrogen-bond acceptors (Lipinski definition) is 7. The minimum absolute atomic E-state index is 0.216. The van der Waals surface area contributed by atoms with E-state index in [1.54, 1.807) is 25.6 Å². The Labute approximate surface area is 200 Å². The molecule has 0 saturated carbocycles. The van der Waals surface area contributed by atoms with Crippen LogP contribution in [-0.2, 0) is 11.3 Å². The van der Waals surface area contributed by atoms with Gasteiger partial charge in [0, 0.05) is 29.7 Å². The number of thioether (sulfide) groups is 1. The number of rotatable bonds is 6. The average molecular weight is 488 g/mol. The number of hydrogen-bond donors (Lipinski definition) is 1. The van der Waals surface area contributed by atoms with Crippen molar-refractivity contribution in [3.05, 3.63) is 45.1 Å². The van der Waals surface area contributed by atoms with E-state index in [1.807, 2.05) is 30.5 Å². The predicted molar refractivity (Wildman–Crippen MR) is 136 cm³/mol. The molecule has 3 aromatic rings. The highest BCUT2D eigenvalue weighted by Crippen LogP contribution is 2.29. The molecule has 0 radical (unpaired) electrons. The molecule has 0 aliphatic carbocycles. The maximum Gasteiger partial charge on any atom is 0.333 e. The number of thiazole rings is 1. The molecule has 33 heavy (non-hydrogen) atoms. The number of carbonyl (C=O) groups is 1. The highest BCUT2D eigenvalue weighted by Gasteiger charge is 2.24. The molecule has 0 bridgehead atoms. The van der Waals surface area contributed by atoms with E-state index in [4.69, 9.17) is 0 Å². The SMILES string of the molecule is CSc1cccc(NC(=O)Cn2c(=O)n(C(C)C)c(=O)c3sc(N4CCC(C)CC4)nc32)c1. The van der Waals surface area contributed by atoms with Crippen molar-refractivity contribution >= 4 is 50.2 Å². The summed E-state index contributed by atoms with van der Waals surface area (Å²) in [5, 5.41) is 3.59. The summed E-state index contributed by atoms with van der Waals surface area (Å²) in [7, 11) is 0. The van der Waals surface area contributed by atoms with Crippen LogP contribution >= 0.6 is 23.1 Å². The molecular weight excluding hydrogens is 458 g/mol. The molecule has 3 heterocycles. The summed E-state index contributed by atoms with van der Waals surface area (Å²) in [5.41, 5.74) is 0.0892. The molecule has 0 atom stereocenters. The summed E-state index contributed by atoms with van der Waals surface area (Å²) in [4.78, 5) is 47.2. The first-order valence-electron chi connectivity index (χ1n) is 11.1. The summed E-state index contributed by atoms with van der Waals surface area (Å²) in [6, 6.07) is 7.20. The van der Waals surface area contributed by atoms with Crippen molar-refractivity contribution < 1.29 is 4.79 Å². The van der Waals surface area contributed by atoms with Crippen molar-refractivity contribution in [1.82, 2.24) is 14.1 Å². The minimum Gasteiger partial charge on any atom is -0.348 e. The van der Waals surface area contributed by atoms with Crippen LogP contribution in [0.25, 0.3) is 10.3 Å². The number of benzene rings is 1. The van der Waals surface area contributed by atoms with Crippen LogP contribution in [0.15, 0.2) is 38.8 Å². The summed E-state index contributed by atoms with van der Waals surface area (Å²) >= 11 is 2.89. The number of anilines is 2. The Kier molecular flexibility index (Phi) is 6.94. The van der Waals surface area contributed by atoms with Gasteiger partial charge < -0.3 is 10.2 Å². The van der Waals surface area contributed by atoms with Gasteiger partial charge in [0.1, 0.15) is 11.2 Å². The molecule has 2 aromatic heterocycles. The lowest BCUT2D eigenvalue weighted by atomic mass is 10.00. The van der Waals surface area contributed by atoms with E-state index in [-0.39, 0.29) is 29.7 Å². The van der Waals surface area contributed by atoms with E-state index < -0.39 is 5.69 Å². The van der Waals surface area contributed by atoms with Gasteiger partial charge in [0.25, 0.3) is 5.56 Å². The molecule has 1 aliphatic rings. The van der Waals surface area contributed by atoms with Gasteiger partial charge in [0.2, 0.25) is 5.91 Å². The number of amides is 1. The van der Waals surface area contributed by atoms with E-state index >= 15 is 0 Å². The minimum atomic E-state index is -0.514. The predicted octanol–water partition coefficient (Wildman–Crippen LogP) is 3.80. The number of carbonyl (C=O) groups excluding carboxylic acids is 1. The molecule has 4 rings (SSSR count). The van der Waals surface area contributed by atoms with E-state index in [1.165, 1.54) is 20.5 Å². The van der Waals surface area contributed by atoms with Crippen LogP contribution in [-0.4, -0.2) is 39.4 Å². The van der Waals surface area contributed by atoms with Crippen LogP contribution in [0.4, 0.5) is 10.8 Å². The largest absolute Gasteiger partial charge is 0.348 e. The van der Waals surface area contributed by atoms with E-state index in [0.717, 1.165) is 36.0 Å². The second-order valence-electron chi connectivity index (χ2n) is 8.74. The Balaban J connectivity index is 1.73. The summed E-state index contributed by atoms with van der Waals surface area (Å²) in [6.45, 7) is 7.35. The summed E-state index contributed by atoms with van der Waals surface area (Å²) < 4.78 is 2.95. The smallest absolute Gasteiger partial charge is 0.333 e. The fraction of sp³-hybridized carbons (Fsp3) is 0.478. The molecule has 1 aliphatic heterocycles. The molecule has 1 amide bonds. The van der Waals surface area contributed by atoms with Gasteiger partial charge in [-0.3, -0.25) is 18.7 Å². The molecule has 10 heteroatoms. The number of piperidine rings is 1. The van der Waals surface area contributed by atoms with Gasteiger partial charge in [0.05, 0.1) is 0 Å². The zero-order chi connectivity index (χ0) is 23.7. The van der Waals surface area contributed by atoms with Gasteiger partial charge >= 0.3 is 5.69 Å². The third-order valence-corrected chi connectivity index (χ3v) is 7.75. The first-order chi connectivity index (χ1) is 15.8. The van der Waals surface area contributed by atoms with Crippen molar-refractivity contribution in [3.63, 3.8) is 0 Å². The maximum absolute atomic E-state index is 13.3. The lowest BCUT2D eigenvalue weighted by Gasteiger charge is -2.29. The number of nitrogens with zero attached hydrogens (tertiary/aromatic N) is 4. The van der Waals surface area contributed by atoms with Crippen LogP contribution in [0.2, 0.25) is 0 Å². The molecule has 1 N–H and O–H groups in total. The molecular formula is C23H29N5O3S2. The molecule has 8 nitrogen and oxygen atoms in total. The number of fused-ring (bicyclic) bond motifs is 1. The zero-order valence-corrected chi connectivity index (χ0v) is 21.0. The van der Waals surface area contributed by atoms with Crippen LogP contribution in [0.1, 0.15) is 39.7 Å². The lowest BCUT2D eigenvalue weighted by Crippen LogP contribution is -2.42. The Morgan fingerprint density at radius 1 is 1.27 bits per heavy atom. The van der Waals surface area contributed by atoms with Crippen molar-refractivity contribution in [2.45, 2.75) is 51.1 Å². The fourth-order valence-electron chi connectivity index (χ4n) is 4.02. The zero-order valence-electron chi connectivity index (χ0n) is 19.3. The van der Waals surface area contributed by atoms with Gasteiger partial charge in [0.15, 0.2) is 10.8 Å². The normalized spacial score (nSPS) is 14.9. The number of nitrogens with one attached hydrogen (secondary N) is 1. The average Bonchev–Trinajstić information content (AvgIpc) is 3.23. The van der Waals surface area contributed by atoms with E-state index in [2.05, 4.69) is 22.1 Å². The van der Waals surface area contributed by atoms with Gasteiger partial charge in [-0.15, -0.1) is 11.8 Å². The lowest BCUT2D eigenvalue weighted by molar-refractivity contribution is -0.116. The molecule has 176 valence electrons. The van der Waals surface area contributed by atoms with Crippen LogP contribution in [0.5, 0.6) is 0 Å². The molecule has 1 aromatic carbocycles. The highest BCUT2D eigenvalue weighted by molar-refractivity contribution is 7.98. The third-order valence-electron chi connectivity index (χ3n) is 5.93. The Morgan fingerprint density at radius 2 is 2.00 bits per heavy atom. The molecule has 0 spiro atoms. The van der Waals surface area contributed by atoms with E-state index in [9.17, 15) is 14.4 Å². The van der Waals surface area contributed by atoms with Crippen molar-refractivity contribution in [2.75, 3.05) is 29.6 Å². The van der Waals surface area contributed by atoms with Crippen molar-refractivity contribution in [3.8, 4) is 0 Å². The van der Waals surface area contributed by atoms with Gasteiger partial charge in [-0.1, -0.05) is 24.3 Å². The maximum atomic E-state index is 13.3. The van der Waals surface area contributed by atoms with Crippen LogP contribution in [0.3, 0.4) is 0 Å². The van der Waals surface area contributed by atoms with Gasteiger partial charge in [-0.2, -0.15) is 0 Å². The van der Waals surface area contributed by atoms with Crippen molar-refractivity contribution in [2.24, 2.45) is 5.92 Å². The van der Waals surface area contributed by atoms with E-state index in [0.29, 0.717) is 16.3 Å². The fourth-order valence-corrected chi connectivity index (χ4v) is 5.54. The third kappa shape index (κ3) is 4.86. The topological polar surface area (TPSA) is 89.2 Å². The second kappa shape index (κ2) is 9.72. The summed E-state index contributed by atoms with van der Waals surface area (Å²) in [5.74, 6) is 0.326. The Morgan fingerprint density at radius 3 is 2.67 bits per heavy atom. The summed E-state index contributed by atoms with van der Waals surface area (Å²) in [6.07, 6.45) is 4.10. The molecule has 1 fully saturated rings. The quantitative estimate of drug-likeness (QED) is 0.532. The molecule has 0 unspecified atom stereocenters. The Hall–Kier alpha value is -2.59. The first-order valence-corrected chi connectivity index (χ1v) is 13.2.